The Morgan fingerprint density at radius 3 is 2.31 bits per heavy atom. The molecule has 0 aliphatic heterocycles. The third-order valence-corrected chi connectivity index (χ3v) is 5.74. The monoisotopic (exact) mass is 540 g/mol. The third kappa shape index (κ3) is 10.7. The maximum atomic E-state index is 14.0. The van der Waals surface area contributed by atoms with Crippen LogP contribution in [0.1, 0.15) is 70.5 Å². The molecular weight excluding hydrogens is 500 g/mol. The average molecular weight is 541 g/mol. The fourth-order valence-electron chi connectivity index (χ4n) is 4.00. The van der Waals surface area contributed by atoms with Gasteiger partial charge < -0.3 is 31.1 Å². The first-order valence-electron chi connectivity index (χ1n) is 13.1. The van der Waals surface area contributed by atoms with Crippen molar-refractivity contribution in [1.29, 1.82) is 0 Å². The first-order chi connectivity index (χ1) is 18.4. The predicted octanol–water partition coefficient (Wildman–Crippen LogP) is 3.54. The van der Waals surface area contributed by atoms with Gasteiger partial charge in [0.15, 0.2) is 0 Å². The van der Waals surface area contributed by atoms with Gasteiger partial charge >= 0.3 is 6.09 Å². The number of primary amides is 1. The van der Waals surface area contributed by atoms with E-state index in [2.05, 4.69) is 10.6 Å². The van der Waals surface area contributed by atoms with Crippen LogP contribution in [0.3, 0.4) is 0 Å². The quantitative estimate of drug-likeness (QED) is 0.285. The lowest BCUT2D eigenvalue weighted by Crippen LogP contribution is -2.54. The molecule has 2 rings (SSSR count). The van der Waals surface area contributed by atoms with E-state index in [1.807, 2.05) is 37.3 Å². The zero-order valence-electron chi connectivity index (χ0n) is 23.1. The highest BCUT2D eigenvalue weighted by molar-refractivity contribution is 5.94. The van der Waals surface area contributed by atoms with Crippen molar-refractivity contribution in [2.75, 3.05) is 6.54 Å². The molecule has 4 amide bonds. The maximum Gasteiger partial charge on any atom is 0.408 e. The Hall–Kier alpha value is -4.08. The molecule has 0 aliphatic carbocycles. The standard InChI is InChI=1S/C29H40N4O6/c1-5-6-10-16-33(27(37)23(18-24(30)35)32-28(38)39-29(2,3)4)25(21-14-11-15-22(34)17-21)26(36)31-19-20-12-8-7-9-13-20/h7-9,11-15,17,23,25,34H,5-6,10,16,18-19H2,1-4H3,(H2,30,35)(H,31,36)(H,32,38). The normalized spacial score (nSPS) is 12.6. The molecule has 0 heterocycles. The van der Waals surface area contributed by atoms with Crippen LogP contribution < -0.4 is 16.4 Å². The van der Waals surface area contributed by atoms with E-state index in [9.17, 15) is 24.3 Å². The number of ether oxygens (including phenoxy) is 1. The number of unbranched alkanes of at least 4 members (excludes halogenated alkanes) is 2. The maximum absolute atomic E-state index is 14.0. The van der Waals surface area contributed by atoms with Crippen molar-refractivity contribution < 1.29 is 29.0 Å². The summed E-state index contributed by atoms with van der Waals surface area (Å²) < 4.78 is 5.29. The van der Waals surface area contributed by atoms with Gasteiger partial charge in [0.25, 0.3) is 0 Å². The zero-order chi connectivity index (χ0) is 29.0. The van der Waals surface area contributed by atoms with Crippen molar-refractivity contribution >= 4 is 23.8 Å². The summed E-state index contributed by atoms with van der Waals surface area (Å²) in [5.74, 6) is -2.03. The summed E-state index contributed by atoms with van der Waals surface area (Å²) >= 11 is 0. The van der Waals surface area contributed by atoms with Gasteiger partial charge in [-0.05, 0) is 50.5 Å². The molecule has 212 valence electrons. The van der Waals surface area contributed by atoms with Gasteiger partial charge in [0.2, 0.25) is 17.7 Å². The molecule has 2 aromatic rings. The molecule has 10 heteroatoms. The topological polar surface area (TPSA) is 151 Å². The molecule has 0 aromatic heterocycles. The Morgan fingerprint density at radius 1 is 1.03 bits per heavy atom. The van der Waals surface area contributed by atoms with Crippen LogP contribution in [0.15, 0.2) is 54.6 Å². The minimum atomic E-state index is -1.36. The molecule has 2 atom stereocenters. The number of phenols is 1. The Kier molecular flexibility index (Phi) is 11.8. The van der Waals surface area contributed by atoms with Gasteiger partial charge in [-0.2, -0.15) is 0 Å². The molecule has 39 heavy (non-hydrogen) atoms. The summed E-state index contributed by atoms with van der Waals surface area (Å²) in [5, 5.41) is 15.5. The zero-order valence-corrected chi connectivity index (χ0v) is 23.1. The van der Waals surface area contributed by atoms with E-state index in [4.69, 9.17) is 10.5 Å². The molecule has 5 N–H and O–H groups in total. The van der Waals surface area contributed by atoms with Gasteiger partial charge in [-0.1, -0.05) is 62.2 Å². The second kappa shape index (κ2) is 14.8. The number of phenolic OH excluding ortho intramolecular Hbond substituents is 1. The molecule has 0 saturated heterocycles. The number of hydrogen-bond donors (Lipinski definition) is 4. The van der Waals surface area contributed by atoms with Crippen LogP contribution in [-0.2, 0) is 25.7 Å². The van der Waals surface area contributed by atoms with Gasteiger partial charge in [-0.3, -0.25) is 14.4 Å². The molecule has 0 aliphatic rings. The molecule has 0 saturated carbocycles. The van der Waals surface area contributed by atoms with E-state index >= 15 is 0 Å². The molecule has 0 spiro atoms. The summed E-state index contributed by atoms with van der Waals surface area (Å²) in [7, 11) is 0. The highest BCUT2D eigenvalue weighted by Gasteiger charge is 2.36. The van der Waals surface area contributed by atoms with Crippen molar-refractivity contribution in [1.82, 2.24) is 15.5 Å². The van der Waals surface area contributed by atoms with Crippen LogP contribution in [0, 0.1) is 0 Å². The molecular formula is C29H40N4O6. The van der Waals surface area contributed by atoms with Gasteiger partial charge in [0, 0.05) is 13.1 Å². The number of benzene rings is 2. The van der Waals surface area contributed by atoms with Crippen molar-refractivity contribution in [3.63, 3.8) is 0 Å². The minimum absolute atomic E-state index is 0.0742. The molecule has 0 fully saturated rings. The number of carbonyl (C=O) groups excluding carboxylic acids is 4. The second-order valence-corrected chi connectivity index (χ2v) is 10.3. The first kappa shape index (κ1) is 31.1. The Labute approximate surface area is 229 Å². The van der Waals surface area contributed by atoms with E-state index < -0.39 is 47.9 Å². The SMILES string of the molecule is CCCCCN(C(=O)C(CC(N)=O)NC(=O)OC(C)(C)C)C(C(=O)NCc1ccccc1)c1cccc(O)c1. The number of amides is 4. The summed E-state index contributed by atoms with van der Waals surface area (Å²) in [6, 6.07) is 12.9. The number of rotatable bonds is 13. The summed E-state index contributed by atoms with van der Waals surface area (Å²) in [4.78, 5) is 53.4. The molecule has 0 radical (unpaired) electrons. The Bertz CT molecular complexity index is 1120. The Balaban J connectivity index is 2.47. The molecule has 2 unspecified atom stereocenters. The summed E-state index contributed by atoms with van der Waals surface area (Å²) in [5.41, 5.74) is 5.82. The van der Waals surface area contributed by atoms with Crippen LogP contribution in [-0.4, -0.2) is 52.0 Å². The van der Waals surface area contributed by atoms with Crippen molar-refractivity contribution in [3.8, 4) is 5.75 Å². The number of nitrogens with two attached hydrogens (primary N) is 1. The van der Waals surface area contributed by atoms with Gasteiger partial charge in [-0.25, -0.2) is 4.79 Å². The lowest BCUT2D eigenvalue weighted by Gasteiger charge is -2.34. The lowest BCUT2D eigenvalue weighted by atomic mass is 10.0. The summed E-state index contributed by atoms with van der Waals surface area (Å²) in [6.45, 7) is 7.39. The van der Waals surface area contributed by atoms with E-state index in [0.29, 0.717) is 12.0 Å². The van der Waals surface area contributed by atoms with Crippen LogP contribution >= 0.6 is 0 Å². The Morgan fingerprint density at radius 2 is 1.72 bits per heavy atom. The van der Waals surface area contributed by atoms with Gasteiger partial charge in [0.05, 0.1) is 6.42 Å². The predicted molar refractivity (Wildman–Crippen MR) is 147 cm³/mol. The lowest BCUT2D eigenvalue weighted by molar-refractivity contribution is -0.143. The number of nitrogens with zero attached hydrogens (tertiary/aromatic N) is 1. The first-order valence-corrected chi connectivity index (χ1v) is 13.1. The van der Waals surface area contributed by atoms with E-state index in [0.717, 1.165) is 18.4 Å². The third-order valence-electron chi connectivity index (χ3n) is 5.74. The number of carbonyl (C=O) groups is 4. The van der Waals surface area contributed by atoms with E-state index in [-0.39, 0.29) is 18.8 Å². The summed E-state index contributed by atoms with van der Waals surface area (Å²) in [6.07, 6.45) is 0.834. The number of aromatic hydroxyl groups is 1. The van der Waals surface area contributed by atoms with Crippen LogP contribution in [0.25, 0.3) is 0 Å². The smallest absolute Gasteiger partial charge is 0.408 e. The van der Waals surface area contributed by atoms with Crippen molar-refractivity contribution in [3.05, 3.63) is 65.7 Å². The van der Waals surface area contributed by atoms with Gasteiger partial charge in [-0.15, -0.1) is 0 Å². The minimum Gasteiger partial charge on any atom is -0.508 e. The fraction of sp³-hybridized carbons (Fsp3) is 0.448. The van der Waals surface area contributed by atoms with Gasteiger partial charge in [0.1, 0.15) is 23.4 Å². The van der Waals surface area contributed by atoms with Crippen molar-refractivity contribution in [2.45, 2.75) is 77.6 Å². The number of hydrogen-bond acceptors (Lipinski definition) is 6. The molecule has 2 aromatic carbocycles. The highest BCUT2D eigenvalue weighted by Crippen LogP contribution is 2.26. The number of alkyl carbamates (subject to hydrolysis) is 1. The highest BCUT2D eigenvalue weighted by atomic mass is 16.6. The largest absolute Gasteiger partial charge is 0.508 e. The van der Waals surface area contributed by atoms with E-state index in [1.54, 1.807) is 32.9 Å². The number of nitrogens with one attached hydrogen (secondary N) is 2. The van der Waals surface area contributed by atoms with Crippen molar-refractivity contribution in [2.24, 2.45) is 5.73 Å². The fourth-order valence-corrected chi connectivity index (χ4v) is 4.00. The molecule has 10 nitrogen and oxygen atoms in total. The van der Waals surface area contributed by atoms with Crippen LogP contribution in [0.2, 0.25) is 0 Å². The second-order valence-electron chi connectivity index (χ2n) is 10.3. The van der Waals surface area contributed by atoms with Crippen LogP contribution in [0.5, 0.6) is 5.75 Å². The molecule has 0 bridgehead atoms. The average Bonchev–Trinajstić information content (AvgIpc) is 2.85. The van der Waals surface area contributed by atoms with E-state index in [1.165, 1.54) is 17.0 Å². The van der Waals surface area contributed by atoms with Crippen LogP contribution in [0.4, 0.5) is 4.79 Å².